The van der Waals surface area contributed by atoms with Crippen molar-refractivity contribution in [1.82, 2.24) is 0 Å². The zero-order valence-electron chi connectivity index (χ0n) is 13.9. The van der Waals surface area contributed by atoms with Gasteiger partial charge in [-0.2, -0.15) is 0 Å². The zero-order chi connectivity index (χ0) is 13.9. The molecule has 0 spiro atoms. The van der Waals surface area contributed by atoms with E-state index in [9.17, 15) is 0 Å². The molecule has 0 saturated heterocycles. The van der Waals surface area contributed by atoms with Crippen LogP contribution in [0.1, 0.15) is 85.0 Å². The molecule has 0 heterocycles. The van der Waals surface area contributed by atoms with E-state index < -0.39 is 0 Å². The van der Waals surface area contributed by atoms with E-state index in [1.54, 1.807) is 15.5 Å². The van der Waals surface area contributed by atoms with Crippen molar-refractivity contribution in [1.29, 1.82) is 0 Å². The predicted octanol–water partition coefficient (Wildman–Crippen LogP) is 6.06. The van der Waals surface area contributed by atoms with Crippen LogP contribution < -0.4 is 0 Å². The van der Waals surface area contributed by atoms with Crippen molar-refractivity contribution in [3.8, 4) is 0 Å². The van der Waals surface area contributed by atoms with E-state index in [0.29, 0.717) is 20.4 Å². The summed E-state index contributed by atoms with van der Waals surface area (Å²) in [5.41, 5.74) is 0. The molecule has 0 nitrogen and oxygen atoms in total. The van der Waals surface area contributed by atoms with Crippen LogP contribution in [0.25, 0.3) is 0 Å². The first kappa shape index (κ1) is 21.7. The SMILES string of the molecule is CCCCCCC[CH2][Mg][CH2]CCC.[Li][CH2]CCC. The van der Waals surface area contributed by atoms with Crippen LogP contribution in [0.4, 0.5) is 0 Å². The van der Waals surface area contributed by atoms with E-state index in [1.165, 1.54) is 62.9 Å². The molecule has 0 saturated carbocycles. The van der Waals surface area contributed by atoms with E-state index >= 15 is 0 Å². The molecule has 2 heteroatoms. The van der Waals surface area contributed by atoms with Gasteiger partial charge >= 0.3 is 62.9 Å². The predicted molar refractivity (Wildman–Crippen MR) is 89.1 cm³/mol. The van der Waals surface area contributed by atoms with E-state index in [0.717, 1.165) is 0 Å². The van der Waals surface area contributed by atoms with Crippen molar-refractivity contribution in [3.05, 3.63) is 0 Å². The van der Waals surface area contributed by atoms with Crippen molar-refractivity contribution >= 4 is 38.1 Å². The van der Waals surface area contributed by atoms with Gasteiger partial charge in [-0.15, -0.1) is 9.10 Å². The molecule has 0 aromatic heterocycles. The summed E-state index contributed by atoms with van der Waals surface area (Å²) in [6.45, 7) is 6.81. The molecule has 0 aromatic carbocycles. The van der Waals surface area contributed by atoms with Gasteiger partial charge in [0.25, 0.3) is 0 Å². The normalized spacial score (nSPS) is 9.61. The second-order valence-corrected chi connectivity index (χ2v) is 7.66. The summed E-state index contributed by atoms with van der Waals surface area (Å²) in [5, 5.41) is 1.34. The summed E-state index contributed by atoms with van der Waals surface area (Å²) in [6.07, 6.45) is 14.5. The van der Waals surface area contributed by atoms with E-state index in [4.69, 9.17) is 0 Å². The Kier molecular flexibility index (Phi) is 28.2. The monoisotopic (exact) mass is 258 g/mol. The molecular weight excluding hydrogens is 223 g/mol. The van der Waals surface area contributed by atoms with Crippen LogP contribution in [0.15, 0.2) is 0 Å². The molecule has 0 aromatic rings. The molecule has 0 aliphatic rings. The summed E-state index contributed by atoms with van der Waals surface area (Å²) in [6, 6.07) is 0. The second-order valence-electron chi connectivity index (χ2n) is 5.54. The van der Waals surface area contributed by atoms with E-state index in [1.807, 2.05) is 0 Å². The Morgan fingerprint density at radius 1 is 0.611 bits per heavy atom. The van der Waals surface area contributed by atoms with Crippen LogP contribution >= 0.6 is 0 Å². The Bertz CT molecular complexity index is 106. The number of hydrogen-bond acceptors (Lipinski definition) is 0. The van der Waals surface area contributed by atoms with Crippen LogP contribution in [0, 0.1) is 0 Å². The van der Waals surface area contributed by atoms with Gasteiger partial charge in [-0.05, 0) is 0 Å². The Hall–Kier alpha value is 1.36. The molecule has 0 atom stereocenters. The quantitative estimate of drug-likeness (QED) is 0.295. The molecule has 0 rings (SSSR count). The van der Waals surface area contributed by atoms with Gasteiger partial charge in [-0.25, -0.2) is 0 Å². The van der Waals surface area contributed by atoms with Gasteiger partial charge in [0.2, 0.25) is 0 Å². The average molecular weight is 259 g/mol. The van der Waals surface area contributed by atoms with E-state index in [-0.39, 0.29) is 0 Å². The van der Waals surface area contributed by atoms with Crippen molar-refractivity contribution in [2.75, 3.05) is 0 Å². The fourth-order valence-electron chi connectivity index (χ4n) is 2.09. The van der Waals surface area contributed by atoms with Gasteiger partial charge in [-0.1, -0.05) is 65.2 Å². The Balaban J connectivity index is 0. The zero-order valence-corrected chi connectivity index (χ0v) is 15.3. The van der Waals surface area contributed by atoms with Crippen LogP contribution in [0.5, 0.6) is 0 Å². The first-order valence-electron chi connectivity index (χ1n) is 8.83. The number of hydrogen-bond donors (Lipinski definition) is 0. The van der Waals surface area contributed by atoms with Gasteiger partial charge in [0.1, 0.15) is 0 Å². The topological polar surface area (TPSA) is 0 Å². The maximum atomic E-state index is 2.30. The van der Waals surface area contributed by atoms with Crippen molar-refractivity contribution < 1.29 is 0 Å². The van der Waals surface area contributed by atoms with Gasteiger partial charge < -0.3 is 0 Å². The van der Waals surface area contributed by atoms with Crippen LogP contribution in [-0.4, -0.2) is 38.1 Å². The van der Waals surface area contributed by atoms with Gasteiger partial charge in [-0.3, -0.25) is 0 Å². The molecule has 0 aliphatic carbocycles. The summed E-state index contributed by atoms with van der Waals surface area (Å²) < 4.78 is 3.22. The first-order chi connectivity index (χ1) is 8.83. The molecule has 0 bridgehead atoms. The fourth-order valence-corrected chi connectivity index (χ4v) is 4.01. The van der Waals surface area contributed by atoms with E-state index in [2.05, 4.69) is 38.5 Å². The minimum absolute atomic E-state index is 0.361. The molecule has 0 unspecified atom stereocenters. The third-order valence-corrected chi connectivity index (χ3v) is 5.41. The molecule has 0 fully saturated rings. The molecule has 0 N–H and O–H groups in total. The first-order valence-corrected chi connectivity index (χ1v) is 10.8. The van der Waals surface area contributed by atoms with Gasteiger partial charge in [0.05, 0.1) is 0 Å². The Labute approximate surface area is 136 Å². The molecular formula is C16H35LiMg. The molecule has 102 valence electrons. The van der Waals surface area contributed by atoms with Gasteiger partial charge in [0.15, 0.2) is 0 Å². The van der Waals surface area contributed by atoms with Gasteiger partial charge in [0, 0.05) is 0 Å². The molecule has 0 aliphatic heterocycles. The summed E-state index contributed by atoms with van der Waals surface area (Å²) in [5.74, 6) is 0. The van der Waals surface area contributed by atoms with Crippen LogP contribution in [0.2, 0.25) is 14.2 Å². The Morgan fingerprint density at radius 2 is 1.11 bits per heavy atom. The summed E-state index contributed by atoms with van der Waals surface area (Å²) in [7, 11) is 0. The average Bonchev–Trinajstić information content (AvgIpc) is 2.39. The maximum absolute atomic E-state index is 2.30. The molecule has 18 heavy (non-hydrogen) atoms. The number of rotatable bonds is 12. The van der Waals surface area contributed by atoms with Crippen molar-refractivity contribution in [3.63, 3.8) is 0 Å². The second kappa shape index (κ2) is 23.5. The third-order valence-electron chi connectivity index (χ3n) is 3.41. The van der Waals surface area contributed by atoms with Crippen molar-refractivity contribution in [2.24, 2.45) is 0 Å². The van der Waals surface area contributed by atoms with Crippen LogP contribution in [0.3, 0.4) is 0 Å². The molecule has 0 radical (unpaired) electrons. The summed E-state index contributed by atoms with van der Waals surface area (Å²) in [4.78, 5) is 0. The number of unbranched alkanes of at least 4 members (excludes halogenated alkanes) is 7. The van der Waals surface area contributed by atoms with Crippen molar-refractivity contribution in [2.45, 2.75) is 99.2 Å². The third kappa shape index (κ3) is 26.0. The fraction of sp³-hybridized carbons (Fsp3) is 1.00. The van der Waals surface area contributed by atoms with Crippen LogP contribution in [-0.2, 0) is 0 Å². The standard InChI is InChI=1S/C8H17.2C4H9.Li.Mg/c1-3-5-7-8-6-4-2;2*1-3-4-2;;/h1,3-8H2,2H3;2*1,3-4H2,2H3;;. The molecule has 0 amide bonds. The summed E-state index contributed by atoms with van der Waals surface area (Å²) >= 11 is 2.57. The minimum atomic E-state index is 0.361. The Morgan fingerprint density at radius 3 is 1.61 bits per heavy atom.